The van der Waals surface area contributed by atoms with Gasteiger partial charge in [-0.2, -0.15) is 0 Å². The third-order valence-corrected chi connectivity index (χ3v) is 6.17. The van der Waals surface area contributed by atoms with Crippen molar-refractivity contribution in [2.75, 3.05) is 10.8 Å². The quantitative estimate of drug-likeness (QED) is 0.525. The first-order valence-electron chi connectivity index (χ1n) is 10.1. The minimum atomic E-state index is -0.882. The third kappa shape index (κ3) is 5.48. The van der Waals surface area contributed by atoms with Crippen LogP contribution in [0.2, 0.25) is 10.0 Å². The molecule has 1 N–H and O–H groups in total. The van der Waals surface area contributed by atoms with Crippen molar-refractivity contribution in [1.29, 1.82) is 0 Å². The van der Waals surface area contributed by atoms with E-state index in [9.17, 15) is 9.59 Å². The number of benzene rings is 2. The van der Waals surface area contributed by atoms with Crippen LogP contribution >= 0.6 is 34.8 Å². The number of carbonyl (C=O) groups is 2. The van der Waals surface area contributed by atoms with Crippen LogP contribution in [0.4, 0.5) is 5.69 Å². The fourth-order valence-electron chi connectivity index (χ4n) is 3.91. The van der Waals surface area contributed by atoms with E-state index in [4.69, 9.17) is 34.8 Å². The number of amides is 2. The highest BCUT2D eigenvalue weighted by Gasteiger charge is 2.34. The molecular formula is C23H25Cl3N2O2. The first-order valence-corrected chi connectivity index (χ1v) is 11.4. The molecule has 2 amide bonds. The second kappa shape index (κ2) is 10.5. The van der Waals surface area contributed by atoms with Crippen LogP contribution < -0.4 is 10.2 Å². The number of nitrogens with zero attached hydrogens (tertiary/aromatic N) is 1. The molecule has 1 saturated carbocycles. The molecule has 160 valence electrons. The van der Waals surface area contributed by atoms with Crippen molar-refractivity contribution in [1.82, 2.24) is 5.32 Å². The van der Waals surface area contributed by atoms with Gasteiger partial charge in [0.1, 0.15) is 11.9 Å². The summed E-state index contributed by atoms with van der Waals surface area (Å²) >= 11 is 18.3. The topological polar surface area (TPSA) is 49.4 Å². The molecule has 30 heavy (non-hydrogen) atoms. The Morgan fingerprint density at radius 2 is 1.67 bits per heavy atom. The summed E-state index contributed by atoms with van der Waals surface area (Å²) in [6.45, 7) is 1.87. The molecular weight excluding hydrogens is 443 g/mol. The number of aryl methyl sites for hydroxylation is 1. The fourth-order valence-corrected chi connectivity index (χ4v) is 4.33. The SMILES string of the molecule is Cc1ccc(Cl)cc1N(C(=O)CCl)[C@@H](C(=O)NC1CCCCC1)c1ccc(Cl)cc1. The van der Waals surface area contributed by atoms with E-state index >= 15 is 0 Å². The second-order valence-corrected chi connectivity index (χ2v) is 8.77. The average Bonchev–Trinajstić information content (AvgIpc) is 2.75. The van der Waals surface area contributed by atoms with E-state index in [-0.39, 0.29) is 23.7 Å². The molecule has 1 aliphatic rings. The summed E-state index contributed by atoms with van der Waals surface area (Å²) in [5, 5.41) is 4.19. The Kier molecular flexibility index (Phi) is 8.04. The number of carbonyl (C=O) groups excluding carboxylic acids is 2. The standard InChI is InChI=1S/C23H25Cl3N2O2/c1-15-7-10-18(26)13-20(15)28(21(29)14-24)22(16-8-11-17(25)12-9-16)23(30)27-19-5-3-2-4-6-19/h7-13,19,22H,2-6,14H2,1H3,(H,27,30)/t22-/m1/s1. The van der Waals surface area contributed by atoms with Crippen LogP contribution in [0.25, 0.3) is 0 Å². The van der Waals surface area contributed by atoms with Crippen LogP contribution in [0.3, 0.4) is 0 Å². The predicted molar refractivity (Wildman–Crippen MR) is 124 cm³/mol. The van der Waals surface area contributed by atoms with Gasteiger partial charge in [0.05, 0.1) is 0 Å². The predicted octanol–water partition coefficient (Wildman–Crippen LogP) is 6.06. The van der Waals surface area contributed by atoms with Crippen LogP contribution in [0.1, 0.15) is 49.3 Å². The number of halogens is 3. The number of hydrogen-bond acceptors (Lipinski definition) is 2. The third-order valence-electron chi connectivity index (χ3n) is 5.46. The maximum Gasteiger partial charge on any atom is 0.248 e. The number of alkyl halides is 1. The Morgan fingerprint density at radius 1 is 1.03 bits per heavy atom. The minimum absolute atomic E-state index is 0.106. The number of hydrogen-bond donors (Lipinski definition) is 1. The molecule has 3 rings (SSSR count). The molecule has 1 aliphatic carbocycles. The molecule has 2 aromatic carbocycles. The fraction of sp³-hybridized carbons (Fsp3) is 0.391. The molecule has 0 aliphatic heterocycles. The van der Waals surface area contributed by atoms with Gasteiger partial charge in [0, 0.05) is 21.8 Å². The van der Waals surface area contributed by atoms with Crippen LogP contribution in [0.5, 0.6) is 0 Å². The highest BCUT2D eigenvalue weighted by atomic mass is 35.5. The van der Waals surface area contributed by atoms with Crippen molar-refractivity contribution >= 4 is 52.3 Å². The molecule has 0 saturated heterocycles. The van der Waals surface area contributed by atoms with Gasteiger partial charge in [-0.25, -0.2) is 0 Å². The molecule has 0 radical (unpaired) electrons. The second-order valence-electron chi connectivity index (χ2n) is 7.63. The van der Waals surface area contributed by atoms with E-state index in [1.165, 1.54) is 11.3 Å². The lowest BCUT2D eigenvalue weighted by molar-refractivity contribution is -0.126. The van der Waals surface area contributed by atoms with Crippen molar-refractivity contribution in [2.24, 2.45) is 0 Å². The Hall–Kier alpha value is -1.75. The molecule has 0 unspecified atom stereocenters. The summed E-state index contributed by atoms with van der Waals surface area (Å²) in [6, 6.07) is 11.5. The van der Waals surface area contributed by atoms with Gasteiger partial charge in [0.15, 0.2) is 0 Å². The summed E-state index contributed by atoms with van der Waals surface area (Å²) in [7, 11) is 0. The molecule has 1 atom stereocenters. The summed E-state index contributed by atoms with van der Waals surface area (Å²) in [4.78, 5) is 28.0. The Bertz CT molecular complexity index is 896. The average molecular weight is 468 g/mol. The minimum Gasteiger partial charge on any atom is -0.351 e. The number of anilines is 1. The smallest absolute Gasteiger partial charge is 0.248 e. The lowest BCUT2D eigenvalue weighted by atomic mass is 9.94. The molecule has 0 aromatic heterocycles. The van der Waals surface area contributed by atoms with E-state index in [0.29, 0.717) is 21.3 Å². The van der Waals surface area contributed by atoms with Gasteiger partial charge in [-0.1, -0.05) is 60.7 Å². The monoisotopic (exact) mass is 466 g/mol. The molecule has 2 aromatic rings. The molecule has 0 bridgehead atoms. The molecule has 7 heteroatoms. The summed E-state index contributed by atoms with van der Waals surface area (Å²) < 4.78 is 0. The molecule has 4 nitrogen and oxygen atoms in total. The van der Waals surface area contributed by atoms with E-state index in [0.717, 1.165) is 31.2 Å². The van der Waals surface area contributed by atoms with E-state index < -0.39 is 6.04 Å². The highest BCUT2D eigenvalue weighted by molar-refractivity contribution is 6.32. The van der Waals surface area contributed by atoms with Crippen molar-refractivity contribution < 1.29 is 9.59 Å². The van der Waals surface area contributed by atoms with Crippen LogP contribution in [-0.2, 0) is 9.59 Å². The van der Waals surface area contributed by atoms with Crippen molar-refractivity contribution in [3.05, 3.63) is 63.6 Å². The molecule has 0 spiro atoms. The van der Waals surface area contributed by atoms with Gasteiger partial charge in [-0.15, -0.1) is 11.6 Å². The molecule has 1 fully saturated rings. The maximum atomic E-state index is 13.5. The summed E-state index contributed by atoms with van der Waals surface area (Å²) in [6.07, 6.45) is 5.26. The Labute approximate surface area is 192 Å². The largest absolute Gasteiger partial charge is 0.351 e. The molecule has 0 heterocycles. The zero-order chi connectivity index (χ0) is 21.7. The van der Waals surface area contributed by atoms with Crippen LogP contribution in [-0.4, -0.2) is 23.7 Å². The van der Waals surface area contributed by atoms with Gasteiger partial charge < -0.3 is 5.32 Å². The first-order chi connectivity index (χ1) is 14.4. The van der Waals surface area contributed by atoms with E-state index in [2.05, 4.69) is 5.32 Å². The van der Waals surface area contributed by atoms with Crippen LogP contribution in [0.15, 0.2) is 42.5 Å². The van der Waals surface area contributed by atoms with E-state index in [1.807, 2.05) is 13.0 Å². The Balaban J connectivity index is 2.06. The van der Waals surface area contributed by atoms with Crippen LogP contribution in [0, 0.1) is 6.92 Å². The summed E-state index contributed by atoms with van der Waals surface area (Å²) in [5.41, 5.74) is 2.04. The van der Waals surface area contributed by atoms with Crippen molar-refractivity contribution in [3.8, 4) is 0 Å². The lowest BCUT2D eigenvalue weighted by Crippen LogP contribution is -2.48. The zero-order valence-corrected chi connectivity index (χ0v) is 19.1. The highest BCUT2D eigenvalue weighted by Crippen LogP contribution is 2.33. The number of rotatable bonds is 6. The first kappa shape index (κ1) is 22.9. The normalized spacial score (nSPS) is 15.5. The van der Waals surface area contributed by atoms with Gasteiger partial charge in [-0.3, -0.25) is 14.5 Å². The van der Waals surface area contributed by atoms with Gasteiger partial charge in [0.25, 0.3) is 0 Å². The van der Waals surface area contributed by atoms with E-state index in [1.54, 1.807) is 36.4 Å². The number of nitrogens with one attached hydrogen (secondary N) is 1. The maximum absolute atomic E-state index is 13.5. The van der Waals surface area contributed by atoms with Crippen molar-refractivity contribution in [2.45, 2.75) is 51.1 Å². The summed E-state index contributed by atoms with van der Waals surface area (Å²) in [5.74, 6) is -0.866. The zero-order valence-electron chi connectivity index (χ0n) is 16.8. The Morgan fingerprint density at radius 3 is 2.30 bits per heavy atom. The lowest BCUT2D eigenvalue weighted by Gasteiger charge is -2.34. The van der Waals surface area contributed by atoms with Gasteiger partial charge in [-0.05, 0) is 55.2 Å². The van der Waals surface area contributed by atoms with Gasteiger partial charge in [0.2, 0.25) is 11.8 Å². The van der Waals surface area contributed by atoms with Crippen molar-refractivity contribution in [3.63, 3.8) is 0 Å². The van der Waals surface area contributed by atoms with Gasteiger partial charge >= 0.3 is 0 Å².